The maximum atomic E-state index is 13.5. The fraction of sp³-hybridized carbons (Fsp3) is 0.200. The minimum Gasteiger partial charge on any atom is -0.370 e. The van der Waals surface area contributed by atoms with Gasteiger partial charge in [-0.05, 0) is 67.8 Å². The van der Waals surface area contributed by atoms with Crippen molar-refractivity contribution in [1.29, 1.82) is 0 Å². The first kappa shape index (κ1) is 23.2. The average Bonchev–Trinajstić information content (AvgIpc) is 3.30. The summed E-state index contributed by atoms with van der Waals surface area (Å²) in [5.41, 5.74) is 2.35. The van der Waals surface area contributed by atoms with E-state index in [1.165, 1.54) is 6.07 Å². The van der Waals surface area contributed by atoms with Crippen molar-refractivity contribution in [2.45, 2.75) is 24.2 Å². The normalized spacial score (nSPS) is 14.1. The summed E-state index contributed by atoms with van der Waals surface area (Å²) in [5.74, 6) is -0.429. The van der Waals surface area contributed by atoms with Crippen molar-refractivity contribution >= 4 is 55.5 Å². The first-order chi connectivity index (χ1) is 16.9. The summed E-state index contributed by atoms with van der Waals surface area (Å²) in [6.07, 6.45) is 3.11. The third kappa shape index (κ3) is 4.96. The number of fused-ring (bicyclic) bond motifs is 1. The Morgan fingerprint density at radius 3 is 2.43 bits per heavy atom. The zero-order chi connectivity index (χ0) is 24.4. The Hall–Kier alpha value is -3.56. The van der Waals surface area contributed by atoms with Gasteiger partial charge in [-0.15, -0.1) is 0 Å². The number of carbonyl (C=O) groups excluding carboxylic acids is 1. The lowest BCUT2D eigenvalue weighted by Gasteiger charge is -2.30. The number of piperidine rings is 1. The maximum Gasteiger partial charge on any atom is 0.276 e. The molecule has 1 aliphatic heterocycles. The fourth-order valence-corrected chi connectivity index (χ4v) is 5.70. The van der Waals surface area contributed by atoms with Crippen LogP contribution in [0.5, 0.6) is 0 Å². The van der Waals surface area contributed by atoms with Crippen molar-refractivity contribution in [3.05, 3.63) is 77.4 Å². The number of rotatable bonds is 6. The van der Waals surface area contributed by atoms with Crippen LogP contribution in [-0.4, -0.2) is 37.6 Å². The van der Waals surface area contributed by atoms with E-state index < -0.39 is 15.9 Å². The molecule has 1 saturated heterocycles. The molecule has 180 valence electrons. The molecule has 0 bridgehead atoms. The molecule has 35 heavy (non-hydrogen) atoms. The minimum absolute atomic E-state index is 0.0963. The van der Waals surface area contributed by atoms with Gasteiger partial charge in [0.15, 0.2) is 5.69 Å². The van der Waals surface area contributed by atoms with Gasteiger partial charge >= 0.3 is 0 Å². The number of nitrogens with one attached hydrogen (secondary N) is 3. The van der Waals surface area contributed by atoms with E-state index in [1.807, 2.05) is 18.2 Å². The molecule has 2 heterocycles. The molecule has 0 aliphatic carbocycles. The van der Waals surface area contributed by atoms with Crippen LogP contribution in [0.3, 0.4) is 0 Å². The van der Waals surface area contributed by atoms with Gasteiger partial charge in [0.25, 0.3) is 15.9 Å². The molecule has 1 amide bonds. The van der Waals surface area contributed by atoms with Gasteiger partial charge in [0.2, 0.25) is 0 Å². The van der Waals surface area contributed by atoms with Crippen LogP contribution < -0.4 is 14.9 Å². The third-order valence-electron chi connectivity index (χ3n) is 5.99. The number of halogens is 1. The van der Waals surface area contributed by atoms with Crippen molar-refractivity contribution in [2.24, 2.45) is 0 Å². The van der Waals surface area contributed by atoms with E-state index in [0.717, 1.165) is 37.9 Å². The number of sulfonamides is 1. The van der Waals surface area contributed by atoms with Gasteiger partial charge in [-0.3, -0.25) is 14.6 Å². The fourth-order valence-electron chi connectivity index (χ4n) is 4.26. The van der Waals surface area contributed by atoms with E-state index in [4.69, 9.17) is 11.6 Å². The molecule has 1 fully saturated rings. The number of aromatic nitrogens is 2. The Balaban J connectivity index is 1.49. The number of carbonyl (C=O) groups is 1. The number of H-pyrrole nitrogens is 1. The molecular weight excluding hydrogens is 486 g/mol. The van der Waals surface area contributed by atoms with Crippen LogP contribution >= 0.6 is 11.6 Å². The molecule has 8 nitrogen and oxygen atoms in total. The molecule has 3 aromatic carbocycles. The van der Waals surface area contributed by atoms with Gasteiger partial charge in [0.05, 0.1) is 11.2 Å². The van der Waals surface area contributed by atoms with E-state index in [-0.39, 0.29) is 10.6 Å². The number of amides is 1. The highest BCUT2D eigenvalue weighted by Gasteiger charge is 2.25. The SMILES string of the molecule is O=C(Nc1ccc(N2CCCCC2)c(S(=O)(=O)Nc2ccc(Cl)cc2)c1)c1n[nH]c2ccccc12. The number of hydrogen-bond donors (Lipinski definition) is 3. The van der Waals surface area contributed by atoms with Crippen molar-refractivity contribution in [2.75, 3.05) is 28.0 Å². The van der Waals surface area contributed by atoms with E-state index in [0.29, 0.717) is 27.5 Å². The number of hydrogen-bond acceptors (Lipinski definition) is 5. The van der Waals surface area contributed by atoms with Gasteiger partial charge in [-0.25, -0.2) is 8.42 Å². The molecule has 1 aliphatic rings. The molecule has 0 saturated carbocycles. The number of benzene rings is 3. The molecule has 10 heteroatoms. The highest BCUT2D eigenvalue weighted by atomic mass is 35.5. The summed E-state index contributed by atoms with van der Waals surface area (Å²) in [4.78, 5) is 15.2. The number of para-hydroxylation sites is 1. The quantitative estimate of drug-likeness (QED) is 0.328. The van der Waals surface area contributed by atoms with Crippen LogP contribution in [0.1, 0.15) is 29.8 Å². The van der Waals surface area contributed by atoms with E-state index in [2.05, 4.69) is 25.1 Å². The van der Waals surface area contributed by atoms with Crippen LogP contribution in [-0.2, 0) is 10.0 Å². The summed E-state index contributed by atoms with van der Waals surface area (Å²) >= 11 is 5.94. The van der Waals surface area contributed by atoms with Crippen molar-refractivity contribution < 1.29 is 13.2 Å². The lowest BCUT2D eigenvalue weighted by molar-refractivity contribution is 0.102. The predicted octanol–water partition coefficient (Wildman–Crippen LogP) is 5.26. The van der Waals surface area contributed by atoms with Crippen LogP contribution in [0, 0.1) is 0 Å². The van der Waals surface area contributed by atoms with Gasteiger partial charge in [0.1, 0.15) is 4.90 Å². The monoisotopic (exact) mass is 509 g/mol. The first-order valence-corrected chi connectivity index (χ1v) is 13.2. The van der Waals surface area contributed by atoms with E-state index >= 15 is 0 Å². The largest absolute Gasteiger partial charge is 0.370 e. The minimum atomic E-state index is -3.96. The molecule has 0 unspecified atom stereocenters. The highest BCUT2D eigenvalue weighted by Crippen LogP contribution is 2.32. The maximum absolute atomic E-state index is 13.5. The van der Waals surface area contributed by atoms with Gasteiger partial charge in [-0.2, -0.15) is 5.10 Å². The molecule has 0 radical (unpaired) electrons. The first-order valence-electron chi connectivity index (χ1n) is 11.3. The molecular formula is C25H24ClN5O3S. The standard InChI is InChI=1S/C25H24ClN5O3S/c26-17-8-10-18(11-9-17)30-35(33,34)23-16-19(12-13-22(23)31-14-4-1-5-15-31)27-25(32)24-20-6-2-3-7-21(20)28-29-24/h2-3,6-13,16,30H,1,4-5,14-15H2,(H,27,32)(H,28,29). The number of aromatic amines is 1. The number of nitrogens with zero attached hydrogens (tertiary/aromatic N) is 2. The second-order valence-corrected chi connectivity index (χ2v) is 10.5. The van der Waals surface area contributed by atoms with Crippen LogP contribution in [0.4, 0.5) is 17.1 Å². The van der Waals surface area contributed by atoms with Crippen molar-refractivity contribution in [3.8, 4) is 0 Å². The van der Waals surface area contributed by atoms with Crippen LogP contribution in [0.25, 0.3) is 10.9 Å². The van der Waals surface area contributed by atoms with Crippen molar-refractivity contribution in [3.63, 3.8) is 0 Å². The molecule has 5 rings (SSSR count). The molecule has 4 aromatic rings. The Labute approximate surface area is 208 Å². The molecule has 0 spiro atoms. The van der Waals surface area contributed by atoms with Gasteiger partial charge in [0, 0.05) is 34.9 Å². The lowest BCUT2D eigenvalue weighted by Crippen LogP contribution is -2.31. The van der Waals surface area contributed by atoms with Gasteiger partial charge in [-0.1, -0.05) is 29.8 Å². The average molecular weight is 510 g/mol. The Bertz CT molecular complexity index is 1480. The second kappa shape index (κ2) is 9.59. The second-order valence-electron chi connectivity index (χ2n) is 8.41. The predicted molar refractivity (Wildman–Crippen MR) is 139 cm³/mol. The van der Waals surface area contributed by atoms with E-state index in [9.17, 15) is 13.2 Å². The Kier molecular flexibility index (Phi) is 6.36. The molecule has 0 atom stereocenters. The smallest absolute Gasteiger partial charge is 0.276 e. The third-order valence-corrected chi connectivity index (χ3v) is 7.65. The van der Waals surface area contributed by atoms with E-state index in [1.54, 1.807) is 42.5 Å². The number of anilines is 3. The lowest BCUT2D eigenvalue weighted by atomic mass is 10.1. The molecule has 1 aromatic heterocycles. The Morgan fingerprint density at radius 2 is 1.66 bits per heavy atom. The summed E-state index contributed by atoms with van der Waals surface area (Å²) < 4.78 is 29.6. The van der Waals surface area contributed by atoms with Crippen molar-refractivity contribution in [1.82, 2.24) is 10.2 Å². The zero-order valence-electron chi connectivity index (χ0n) is 18.8. The Morgan fingerprint density at radius 1 is 0.943 bits per heavy atom. The zero-order valence-corrected chi connectivity index (χ0v) is 20.4. The summed E-state index contributed by atoms with van der Waals surface area (Å²) in [7, 11) is -3.96. The summed E-state index contributed by atoms with van der Waals surface area (Å²) in [6.45, 7) is 1.54. The molecule has 3 N–H and O–H groups in total. The van der Waals surface area contributed by atoms with Crippen LogP contribution in [0.2, 0.25) is 5.02 Å². The van der Waals surface area contributed by atoms with Gasteiger partial charge < -0.3 is 10.2 Å². The summed E-state index contributed by atoms with van der Waals surface area (Å²) in [5, 5.41) is 11.0. The topological polar surface area (TPSA) is 107 Å². The summed E-state index contributed by atoms with van der Waals surface area (Å²) in [6, 6.07) is 18.7. The highest BCUT2D eigenvalue weighted by molar-refractivity contribution is 7.92. The van der Waals surface area contributed by atoms with Crippen LogP contribution in [0.15, 0.2) is 71.6 Å².